The van der Waals surface area contributed by atoms with Gasteiger partial charge in [0, 0.05) is 0 Å². The van der Waals surface area contributed by atoms with Crippen LogP contribution in [0.3, 0.4) is 0 Å². The van der Waals surface area contributed by atoms with Crippen molar-refractivity contribution in [2.45, 2.75) is 45.1 Å². The van der Waals surface area contributed by atoms with E-state index in [1.54, 1.807) is 12.1 Å². The Kier molecular flexibility index (Phi) is 4.08. The molecule has 0 aliphatic heterocycles. The van der Waals surface area contributed by atoms with Gasteiger partial charge in [0.05, 0.1) is 6.10 Å². The number of ether oxygens (including phenoxy) is 1. The van der Waals surface area contributed by atoms with Gasteiger partial charge in [-0.2, -0.15) is 0 Å². The lowest BCUT2D eigenvalue weighted by molar-refractivity contribution is 0.154. The second-order valence-electron chi connectivity index (χ2n) is 4.72. The van der Waals surface area contributed by atoms with Crippen LogP contribution in [0.1, 0.15) is 37.7 Å². The van der Waals surface area contributed by atoms with Crippen LogP contribution in [0.4, 0.5) is 0 Å². The van der Waals surface area contributed by atoms with Crippen molar-refractivity contribution in [3.05, 3.63) is 23.8 Å². The summed E-state index contributed by atoms with van der Waals surface area (Å²) in [4.78, 5) is 0. The summed E-state index contributed by atoms with van der Waals surface area (Å²) in [5, 5.41) is 18.5. The number of benzene rings is 1. The summed E-state index contributed by atoms with van der Waals surface area (Å²) in [6.07, 6.45) is 6.25. The molecule has 1 aromatic carbocycles. The molecule has 0 heterocycles. The molecule has 92 valence electrons. The molecule has 0 radical (unpaired) electrons. The van der Waals surface area contributed by atoms with Gasteiger partial charge < -0.3 is 14.8 Å². The zero-order valence-electron chi connectivity index (χ0n) is 10.2. The maximum atomic E-state index is 9.23. The minimum Gasteiger partial charge on any atom is -0.490 e. The van der Waals surface area contributed by atoms with Crippen LogP contribution in [0, 0.1) is 6.92 Å². The Morgan fingerprint density at radius 1 is 1.18 bits per heavy atom. The zero-order chi connectivity index (χ0) is 12.3. The van der Waals surface area contributed by atoms with E-state index in [4.69, 9.17) is 4.74 Å². The van der Waals surface area contributed by atoms with Crippen molar-refractivity contribution in [2.75, 3.05) is 0 Å². The molecule has 1 aliphatic carbocycles. The van der Waals surface area contributed by atoms with Crippen molar-refractivity contribution < 1.29 is 14.8 Å². The molecular formula is C13H19BO3. The summed E-state index contributed by atoms with van der Waals surface area (Å²) in [7, 11) is -1.43. The lowest BCUT2D eigenvalue weighted by Gasteiger charge is -2.24. The van der Waals surface area contributed by atoms with E-state index in [0.29, 0.717) is 5.46 Å². The van der Waals surface area contributed by atoms with Gasteiger partial charge in [-0.3, -0.25) is 0 Å². The molecule has 4 heteroatoms. The molecular weight excluding hydrogens is 215 g/mol. The van der Waals surface area contributed by atoms with Crippen molar-refractivity contribution in [1.82, 2.24) is 0 Å². The monoisotopic (exact) mass is 234 g/mol. The first-order valence-corrected chi connectivity index (χ1v) is 6.31. The van der Waals surface area contributed by atoms with Gasteiger partial charge in [-0.15, -0.1) is 0 Å². The van der Waals surface area contributed by atoms with Crippen LogP contribution in [-0.2, 0) is 0 Å². The highest BCUT2D eigenvalue weighted by molar-refractivity contribution is 6.59. The molecule has 1 saturated carbocycles. The zero-order valence-corrected chi connectivity index (χ0v) is 10.2. The summed E-state index contributed by atoms with van der Waals surface area (Å²) in [6.45, 7) is 1.87. The maximum Gasteiger partial charge on any atom is 0.488 e. The average Bonchev–Trinajstić information content (AvgIpc) is 2.33. The Balaban J connectivity index is 2.12. The van der Waals surface area contributed by atoms with Gasteiger partial charge in [-0.05, 0) is 49.7 Å². The van der Waals surface area contributed by atoms with Crippen molar-refractivity contribution in [3.63, 3.8) is 0 Å². The number of hydrogen-bond acceptors (Lipinski definition) is 3. The minimum absolute atomic E-state index is 0.286. The van der Waals surface area contributed by atoms with Crippen molar-refractivity contribution in [2.24, 2.45) is 0 Å². The Morgan fingerprint density at radius 3 is 2.53 bits per heavy atom. The highest BCUT2D eigenvalue weighted by Gasteiger charge is 2.19. The summed E-state index contributed by atoms with van der Waals surface area (Å²) in [5.74, 6) is 0.780. The molecule has 1 fully saturated rings. The maximum absolute atomic E-state index is 9.23. The molecule has 17 heavy (non-hydrogen) atoms. The van der Waals surface area contributed by atoms with E-state index in [-0.39, 0.29) is 6.10 Å². The topological polar surface area (TPSA) is 49.7 Å². The molecule has 0 bridgehead atoms. The Bertz CT molecular complexity index is 373. The van der Waals surface area contributed by atoms with Gasteiger partial charge >= 0.3 is 7.12 Å². The minimum atomic E-state index is -1.43. The summed E-state index contributed by atoms with van der Waals surface area (Å²) >= 11 is 0. The molecule has 0 unspecified atom stereocenters. The summed E-state index contributed by atoms with van der Waals surface area (Å²) in [6, 6.07) is 5.42. The molecule has 2 N–H and O–H groups in total. The van der Waals surface area contributed by atoms with Gasteiger partial charge in [0.25, 0.3) is 0 Å². The second kappa shape index (κ2) is 5.56. The predicted octanol–water partition coefficient (Wildman–Crippen LogP) is 1.39. The van der Waals surface area contributed by atoms with E-state index < -0.39 is 7.12 Å². The van der Waals surface area contributed by atoms with E-state index in [9.17, 15) is 10.0 Å². The Hall–Kier alpha value is -0.995. The van der Waals surface area contributed by atoms with Crippen LogP contribution >= 0.6 is 0 Å². The van der Waals surface area contributed by atoms with Crippen LogP contribution in [0.2, 0.25) is 0 Å². The van der Waals surface area contributed by atoms with Gasteiger partial charge in [-0.25, -0.2) is 0 Å². The summed E-state index contributed by atoms with van der Waals surface area (Å²) in [5.41, 5.74) is 1.35. The smallest absolute Gasteiger partial charge is 0.488 e. The largest absolute Gasteiger partial charge is 0.490 e. The first-order valence-electron chi connectivity index (χ1n) is 6.31. The Morgan fingerprint density at radius 2 is 1.88 bits per heavy atom. The third-order valence-electron chi connectivity index (χ3n) is 3.45. The quantitative estimate of drug-likeness (QED) is 0.777. The molecule has 0 aromatic heterocycles. The first-order chi connectivity index (χ1) is 8.18. The van der Waals surface area contributed by atoms with Gasteiger partial charge in [0.15, 0.2) is 0 Å². The number of rotatable bonds is 3. The van der Waals surface area contributed by atoms with E-state index in [2.05, 4.69) is 0 Å². The van der Waals surface area contributed by atoms with Crippen molar-refractivity contribution in [1.29, 1.82) is 0 Å². The van der Waals surface area contributed by atoms with E-state index in [1.165, 1.54) is 19.3 Å². The summed E-state index contributed by atoms with van der Waals surface area (Å²) < 4.78 is 5.95. The standard InChI is InChI=1S/C13H19BO3/c1-10-12(14(15)16)8-5-9-13(10)17-11-6-3-2-4-7-11/h5,8-9,11,15-16H,2-4,6-7H2,1H3. The van der Waals surface area contributed by atoms with Crippen molar-refractivity contribution in [3.8, 4) is 5.75 Å². The molecule has 0 saturated heterocycles. The highest BCUT2D eigenvalue weighted by Crippen LogP contribution is 2.24. The Labute approximate surface area is 103 Å². The lowest BCUT2D eigenvalue weighted by Crippen LogP contribution is -2.32. The SMILES string of the molecule is Cc1c(OC2CCCCC2)cccc1B(O)O. The molecule has 1 aliphatic rings. The van der Waals surface area contributed by atoms with E-state index in [0.717, 1.165) is 24.2 Å². The molecule has 3 nitrogen and oxygen atoms in total. The fraction of sp³-hybridized carbons (Fsp3) is 0.538. The van der Waals surface area contributed by atoms with E-state index in [1.807, 2.05) is 13.0 Å². The fourth-order valence-electron chi connectivity index (χ4n) is 2.40. The van der Waals surface area contributed by atoms with Crippen LogP contribution in [-0.4, -0.2) is 23.3 Å². The third kappa shape index (κ3) is 3.02. The molecule has 0 atom stereocenters. The normalized spacial score (nSPS) is 16.9. The lowest BCUT2D eigenvalue weighted by atomic mass is 9.77. The highest BCUT2D eigenvalue weighted by atomic mass is 16.5. The number of hydrogen-bond donors (Lipinski definition) is 2. The molecule has 0 amide bonds. The average molecular weight is 234 g/mol. The van der Waals surface area contributed by atoms with Gasteiger partial charge in [0.1, 0.15) is 5.75 Å². The first kappa shape index (κ1) is 12.5. The van der Waals surface area contributed by atoms with Crippen LogP contribution in [0.5, 0.6) is 5.75 Å². The third-order valence-corrected chi connectivity index (χ3v) is 3.45. The van der Waals surface area contributed by atoms with Gasteiger partial charge in [-0.1, -0.05) is 18.6 Å². The van der Waals surface area contributed by atoms with Crippen LogP contribution < -0.4 is 10.2 Å². The predicted molar refractivity (Wildman–Crippen MR) is 68.5 cm³/mol. The molecule has 1 aromatic rings. The molecule has 0 spiro atoms. The van der Waals surface area contributed by atoms with E-state index >= 15 is 0 Å². The van der Waals surface area contributed by atoms with Crippen LogP contribution in [0.25, 0.3) is 0 Å². The van der Waals surface area contributed by atoms with Gasteiger partial charge in [0.2, 0.25) is 0 Å². The second-order valence-corrected chi connectivity index (χ2v) is 4.72. The molecule has 2 rings (SSSR count). The van der Waals surface area contributed by atoms with Crippen molar-refractivity contribution >= 4 is 12.6 Å². The fourth-order valence-corrected chi connectivity index (χ4v) is 2.40. The van der Waals surface area contributed by atoms with Crippen LogP contribution in [0.15, 0.2) is 18.2 Å².